The molecule has 0 amide bonds. The molecule has 0 saturated heterocycles. The normalized spacial score (nSPS) is 16.6. The Hall–Kier alpha value is -2.61. The van der Waals surface area contributed by atoms with Crippen LogP contribution < -0.4 is 9.47 Å². The van der Waals surface area contributed by atoms with Gasteiger partial charge in [-0.25, -0.2) is 0 Å². The van der Waals surface area contributed by atoms with Crippen LogP contribution in [-0.2, 0) is 0 Å². The van der Waals surface area contributed by atoms with Crippen LogP contribution in [0.4, 0.5) is 13.2 Å². The van der Waals surface area contributed by atoms with E-state index in [0.29, 0.717) is 11.5 Å². The third-order valence-corrected chi connectivity index (χ3v) is 4.66. The smallest absolute Gasteiger partial charge is 0.422 e. The molecule has 4 rings (SSSR count). The molecule has 0 radical (unpaired) electrons. The summed E-state index contributed by atoms with van der Waals surface area (Å²) in [6.45, 7) is -0.459. The van der Waals surface area contributed by atoms with E-state index in [-0.39, 0.29) is 5.75 Å². The molecule has 0 N–H and O–H groups in total. The average molecular weight is 392 g/mol. The number of nitrogens with zero attached hydrogens (tertiary/aromatic N) is 2. The molecular formula is C19H15F3N2O2S. The number of rotatable bonds is 4. The highest BCUT2D eigenvalue weighted by atomic mass is 32.2. The van der Waals surface area contributed by atoms with Gasteiger partial charge in [0.1, 0.15) is 11.5 Å². The number of hydrogen-bond acceptors (Lipinski definition) is 5. The lowest BCUT2D eigenvalue weighted by Gasteiger charge is -2.28. The lowest BCUT2D eigenvalue weighted by molar-refractivity contribution is -0.153. The monoisotopic (exact) mass is 392 g/mol. The maximum absolute atomic E-state index is 12.3. The zero-order chi connectivity index (χ0) is 18.9. The van der Waals surface area contributed by atoms with E-state index in [0.717, 1.165) is 28.9 Å². The Kier molecular flexibility index (Phi) is 4.73. The summed E-state index contributed by atoms with van der Waals surface area (Å²) in [4.78, 5) is 2.02. The van der Waals surface area contributed by atoms with Crippen molar-refractivity contribution in [2.45, 2.75) is 6.18 Å². The number of amidine groups is 1. The summed E-state index contributed by atoms with van der Waals surface area (Å²) in [6, 6.07) is 10.3. The highest BCUT2D eigenvalue weighted by molar-refractivity contribution is 7.98. The van der Waals surface area contributed by atoms with Crippen LogP contribution in [0.5, 0.6) is 11.5 Å². The van der Waals surface area contributed by atoms with Crippen molar-refractivity contribution >= 4 is 28.6 Å². The van der Waals surface area contributed by atoms with E-state index in [4.69, 9.17) is 9.47 Å². The Morgan fingerprint density at radius 2 is 1.85 bits per heavy atom. The molecular weight excluding hydrogens is 377 g/mol. The van der Waals surface area contributed by atoms with Crippen LogP contribution in [-0.4, -0.2) is 35.8 Å². The molecule has 2 aliphatic rings. The summed E-state index contributed by atoms with van der Waals surface area (Å²) < 4.78 is 52.3. The summed E-state index contributed by atoms with van der Waals surface area (Å²) in [5.74, 6) is 3.05. The maximum Gasteiger partial charge on any atom is 0.422 e. The Morgan fingerprint density at radius 1 is 1.07 bits per heavy atom. The van der Waals surface area contributed by atoms with E-state index in [9.17, 15) is 13.2 Å². The van der Waals surface area contributed by atoms with Crippen molar-refractivity contribution in [2.24, 2.45) is 4.40 Å². The minimum absolute atomic E-state index is 0.163. The third kappa shape index (κ3) is 4.21. The third-order valence-electron chi connectivity index (χ3n) is 3.99. The van der Waals surface area contributed by atoms with Crippen molar-refractivity contribution in [2.75, 3.05) is 18.9 Å². The number of alkyl halides is 3. The van der Waals surface area contributed by atoms with Crippen molar-refractivity contribution in [1.29, 1.82) is 0 Å². The molecule has 0 saturated carbocycles. The van der Waals surface area contributed by atoms with Gasteiger partial charge in [0.15, 0.2) is 18.2 Å². The van der Waals surface area contributed by atoms with Crippen LogP contribution in [0.1, 0.15) is 0 Å². The van der Waals surface area contributed by atoms with Crippen LogP contribution in [0.15, 0.2) is 64.9 Å². The number of hydrogen-bond donors (Lipinski definition) is 0. The number of benzene rings is 2. The lowest BCUT2D eigenvalue weighted by atomic mass is 10.1. The number of allylic oxidation sites excluding steroid dienone is 2. The highest BCUT2D eigenvalue weighted by Crippen LogP contribution is 2.29. The summed E-state index contributed by atoms with van der Waals surface area (Å²) in [7, 11) is 0. The van der Waals surface area contributed by atoms with E-state index >= 15 is 0 Å². The number of fused-ring (bicyclic) bond motifs is 2. The Balaban J connectivity index is 1.56. The summed E-state index contributed by atoms with van der Waals surface area (Å²) in [6.07, 6.45) is 1.32. The molecule has 0 aliphatic carbocycles. The molecule has 0 unspecified atom stereocenters. The molecule has 2 aliphatic heterocycles. The lowest BCUT2D eigenvalue weighted by Crippen LogP contribution is -2.34. The largest absolute Gasteiger partial charge is 0.484 e. The standard InChI is InChI=1S/C19H15F3N2O2S/c20-19(21,22)12-25-15-5-3-13-4-6-16(11-14(13)10-15)26-17-2-1-7-24-8-9-27-23-18(17)24/h1-7,10-11H,8-9,12H2. The first-order chi connectivity index (χ1) is 13.0. The van der Waals surface area contributed by atoms with Gasteiger partial charge < -0.3 is 14.4 Å². The molecule has 2 aromatic carbocycles. The van der Waals surface area contributed by atoms with Crippen molar-refractivity contribution in [3.63, 3.8) is 0 Å². The molecule has 0 aromatic heterocycles. The number of halogens is 3. The van der Waals surface area contributed by atoms with Crippen LogP contribution in [0.3, 0.4) is 0 Å². The second-order valence-corrected chi connectivity index (χ2v) is 6.84. The van der Waals surface area contributed by atoms with E-state index < -0.39 is 12.8 Å². The zero-order valence-electron chi connectivity index (χ0n) is 14.1. The maximum atomic E-state index is 12.3. The van der Waals surface area contributed by atoms with Gasteiger partial charge >= 0.3 is 6.18 Å². The minimum Gasteiger partial charge on any atom is -0.484 e. The molecule has 0 bridgehead atoms. The van der Waals surface area contributed by atoms with Gasteiger partial charge in [0.25, 0.3) is 0 Å². The van der Waals surface area contributed by atoms with Crippen molar-refractivity contribution in [1.82, 2.24) is 4.90 Å². The van der Waals surface area contributed by atoms with Gasteiger partial charge in [0.2, 0.25) is 0 Å². The van der Waals surface area contributed by atoms with Gasteiger partial charge in [-0.2, -0.15) is 17.6 Å². The summed E-state index contributed by atoms with van der Waals surface area (Å²) in [5, 5.41) is 1.61. The SMILES string of the molecule is FC(F)(F)COc1ccc2ccc(OC3=CC=CN4CCSN=C34)cc2c1. The van der Waals surface area contributed by atoms with Gasteiger partial charge in [0.05, 0.1) is 0 Å². The van der Waals surface area contributed by atoms with E-state index in [1.165, 1.54) is 18.0 Å². The Morgan fingerprint density at radius 3 is 2.67 bits per heavy atom. The molecule has 4 nitrogen and oxygen atoms in total. The second-order valence-electron chi connectivity index (χ2n) is 5.99. The molecule has 0 atom stereocenters. The summed E-state index contributed by atoms with van der Waals surface area (Å²) in [5.41, 5.74) is 0. The minimum atomic E-state index is -4.37. The van der Waals surface area contributed by atoms with Crippen molar-refractivity contribution in [3.05, 3.63) is 60.5 Å². The Bertz CT molecular complexity index is 954. The van der Waals surface area contributed by atoms with Gasteiger partial charge in [-0.1, -0.05) is 12.1 Å². The van der Waals surface area contributed by atoms with Crippen LogP contribution >= 0.6 is 11.9 Å². The van der Waals surface area contributed by atoms with Gasteiger partial charge in [-0.05, 0) is 59.1 Å². The predicted molar refractivity (Wildman–Crippen MR) is 99.9 cm³/mol. The van der Waals surface area contributed by atoms with Crippen LogP contribution in [0.2, 0.25) is 0 Å². The van der Waals surface area contributed by atoms with Gasteiger partial charge in [-0.15, -0.1) is 0 Å². The fourth-order valence-corrected chi connectivity index (χ4v) is 3.46. The predicted octanol–water partition coefficient (Wildman–Crippen LogP) is 4.93. The van der Waals surface area contributed by atoms with Crippen LogP contribution in [0, 0.1) is 0 Å². The fraction of sp³-hybridized carbons (Fsp3) is 0.211. The van der Waals surface area contributed by atoms with E-state index in [2.05, 4.69) is 4.40 Å². The molecule has 0 spiro atoms. The summed E-state index contributed by atoms with van der Waals surface area (Å²) >= 11 is 1.49. The fourth-order valence-electron chi connectivity index (χ4n) is 2.77. The molecule has 8 heteroatoms. The molecule has 2 aromatic rings. The van der Waals surface area contributed by atoms with E-state index in [1.807, 2.05) is 35.4 Å². The topological polar surface area (TPSA) is 34.1 Å². The highest BCUT2D eigenvalue weighted by Gasteiger charge is 2.28. The van der Waals surface area contributed by atoms with Gasteiger partial charge in [0, 0.05) is 18.5 Å². The van der Waals surface area contributed by atoms with Gasteiger partial charge in [-0.3, -0.25) is 0 Å². The van der Waals surface area contributed by atoms with Crippen molar-refractivity contribution in [3.8, 4) is 11.5 Å². The van der Waals surface area contributed by atoms with Crippen molar-refractivity contribution < 1.29 is 22.6 Å². The first-order valence-corrected chi connectivity index (χ1v) is 9.19. The second kappa shape index (κ2) is 7.19. The first-order valence-electron chi connectivity index (χ1n) is 8.25. The zero-order valence-corrected chi connectivity index (χ0v) is 14.9. The molecule has 27 heavy (non-hydrogen) atoms. The Labute approximate surface area is 158 Å². The quantitative estimate of drug-likeness (QED) is 0.691. The van der Waals surface area contributed by atoms with Crippen LogP contribution in [0.25, 0.3) is 10.8 Å². The first kappa shape index (κ1) is 17.8. The molecule has 0 fully saturated rings. The average Bonchev–Trinajstić information content (AvgIpc) is 2.66. The van der Waals surface area contributed by atoms with E-state index in [1.54, 1.807) is 18.2 Å². The molecule has 140 valence electrons. The number of ether oxygens (including phenoxy) is 2. The molecule has 2 heterocycles.